The Labute approximate surface area is 115 Å². The van der Waals surface area contributed by atoms with Gasteiger partial charge in [-0.25, -0.2) is 0 Å². The first kappa shape index (κ1) is 12.7. The van der Waals surface area contributed by atoms with Gasteiger partial charge in [-0.05, 0) is 61.9 Å². The summed E-state index contributed by atoms with van der Waals surface area (Å²) in [6.07, 6.45) is 6.16. The molecule has 1 aromatic heterocycles. The molecule has 19 heavy (non-hydrogen) atoms. The van der Waals surface area contributed by atoms with E-state index in [0.29, 0.717) is 0 Å². The van der Waals surface area contributed by atoms with Crippen LogP contribution in [0.2, 0.25) is 0 Å². The van der Waals surface area contributed by atoms with E-state index < -0.39 is 0 Å². The molecule has 1 heterocycles. The molecule has 0 saturated carbocycles. The Morgan fingerprint density at radius 3 is 2.53 bits per heavy atom. The van der Waals surface area contributed by atoms with Crippen LogP contribution in [-0.2, 0) is 25.8 Å². The SMILES string of the molecule is CCNCc1oc2cc3c(cc2c1CC)CCCC3. The average Bonchev–Trinajstić information content (AvgIpc) is 2.78. The van der Waals surface area contributed by atoms with E-state index in [1.54, 1.807) is 5.56 Å². The Bertz CT molecular complexity index is 582. The van der Waals surface area contributed by atoms with E-state index in [4.69, 9.17) is 4.42 Å². The molecule has 0 unspecified atom stereocenters. The van der Waals surface area contributed by atoms with Crippen LogP contribution in [0.3, 0.4) is 0 Å². The van der Waals surface area contributed by atoms with Crippen LogP contribution in [0.5, 0.6) is 0 Å². The molecule has 2 heteroatoms. The van der Waals surface area contributed by atoms with Gasteiger partial charge in [0.2, 0.25) is 0 Å². The maximum atomic E-state index is 6.10. The smallest absolute Gasteiger partial charge is 0.134 e. The zero-order valence-electron chi connectivity index (χ0n) is 12.0. The molecule has 1 N–H and O–H groups in total. The van der Waals surface area contributed by atoms with E-state index in [1.807, 2.05) is 0 Å². The molecule has 0 bridgehead atoms. The van der Waals surface area contributed by atoms with Gasteiger partial charge in [0, 0.05) is 10.9 Å². The molecule has 0 fully saturated rings. The van der Waals surface area contributed by atoms with Crippen molar-refractivity contribution in [3.8, 4) is 0 Å². The summed E-state index contributed by atoms with van der Waals surface area (Å²) in [5.41, 5.74) is 5.53. The fourth-order valence-corrected chi connectivity index (χ4v) is 3.20. The molecular formula is C17H23NO. The third-order valence-corrected chi connectivity index (χ3v) is 4.23. The van der Waals surface area contributed by atoms with Gasteiger partial charge in [0.1, 0.15) is 11.3 Å². The third kappa shape index (κ3) is 2.30. The molecule has 2 aromatic rings. The Morgan fingerprint density at radius 2 is 1.84 bits per heavy atom. The highest BCUT2D eigenvalue weighted by Gasteiger charge is 2.17. The van der Waals surface area contributed by atoms with Crippen LogP contribution in [0.1, 0.15) is 49.1 Å². The maximum absolute atomic E-state index is 6.10. The normalized spacial score (nSPS) is 14.8. The van der Waals surface area contributed by atoms with Crippen molar-refractivity contribution in [3.63, 3.8) is 0 Å². The molecule has 0 atom stereocenters. The van der Waals surface area contributed by atoms with Gasteiger partial charge < -0.3 is 9.73 Å². The molecule has 1 aliphatic carbocycles. The zero-order valence-corrected chi connectivity index (χ0v) is 12.0. The molecule has 0 aliphatic heterocycles. The molecule has 2 nitrogen and oxygen atoms in total. The lowest BCUT2D eigenvalue weighted by molar-refractivity contribution is 0.513. The van der Waals surface area contributed by atoms with Gasteiger partial charge in [0.15, 0.2) is 0 Å². The Kier molecular flexibility index (Phi) is 3.61. The number of aryl methyl sites for hydroxylation is 3. The molecule has 0 radical (unpaired) electrons. The summed E-state index contributed by atoms with van der Waals surface area (Å²) in [4.78, 5) is 0. The van der Waals surface area contributed by atoms with Gasteiger partial charge in [0.25, 0.3) is 0 Å². The lowest BCUT2D eigenvalue weighted by Gasteiger charge is -2.15. The van der Waals surface area contributed by atoms with Crippen molar-refractivity contribution in [1.29, 1.82) is 0 Å². The summed E-state index contributed by atoms with van der Waals surface area (Å²) < 4.78 is 6.10. The summed E-state index contributed by atoms with van der Waals surface area (Å²) in [7, 11) is 0. The molecule has 0 saturated heterocycles. The van der Waals surface area contributed by atoms with Crippen molar-refractivity contribution in [2.75, 3.05) is 6.54 Å². The second kappa shape index (κ2) is 5.38. The Hall–Kier alpha value is -1.28. The van der Waals surface area contributed by atoms with Crippen LogP contribution in [0.4, 0.5) is 0 Å². The van der Waals surface area contributed by atoms with Gasteiger partial charge in [0.05, 0.1) is 6.54 Å². The van der Waals surface area contributed by atoms with E-state index in [-0.39, 0.29) is 0 Å². The third-order valence-electron chi connectivity index (χ3n) is 4.23. The van der Waals surface area contributed by atoms with Crippen molar-refractivity contribution in [3.05, 3.63) is 34.6 Å². The minimum absolute atomic E-state index is 0.846. The fourth-order valence-electron chi connectivity index (χ4n) is 3.20. The Morgan fingerprint density at radius 1 is 1.11 bits per heavy atom. The topological polar surface area (TPSA) is 25.2 Å². The number of benzene rings is 1. The number of hydrogen-bond acceptors (Lipinski definition) is 2. The van der Waals surface area contributed by atoms with Crippen LogP contribution in [0.15, 0.2) is 16.5 Å². The summed E-state index contributed by atoms with van der Waals surface area (Å²) in [5.74, 6) is 1.13. The van der Waals surface area contributed by atoms with Gasteiger partial charge in [-0.1, -0.05) is 13.8 Å². The van der Waals surface area contributed by atoms with Gasteiger partial charge in [-0.3, -0.25) is 0 Å². The number of furan rings is 1. The minimum Gasteiger partial charge on any atom is -0.459 e. The highest BCUT2D eigenvalue weighted by Crippen LogP contribution is 2.32. The van der Waals surface area contributed by atoms with E-state index in [2.05, 4.69) is 31.3 Å². The van der Waals surface area contributed by atoms with Crippen molar-refractivity contribution < 1.29 is 4.42 Å². The minimum atomic E-state index is 0.846. The monoisotopic (exact) mass is 257 g/mol. The molecular weight excluding hydrogens is 234 g/mol. The predicted molar refractivity (Wildman–Crippen MR) is 79.6 cm³/mol. The lowest BCUT2D eigenvalue weighted by atomic mass is 9.90. The predicted octanol–water partition coefficient (Wildman–Crippen LogP) is 3.98. The quantitative estimate of drug-likeness (QED) is 0.896. The number of hydrogen-bond donors (Lipinski definition) is 1. The van der Waals surface area contributed by atoms with Crippen molar-refractivity contribution in [2.24, 2.45) is 0 Å². The van der Waals surface area contributed by atoms with Crippen molar-refractivity contribution >= 4 is 11.0 Å². The van der Waals surface area contributed by atoms with Crippen LogP contribution in [0, 0.1) is 0 Å². The van der Waals surface area contributed by atoms with Gasteiger partial charge in [-0.2, -0.15) is 0 Å². The first-order valence-corrected chi connectivity index (χ1v) is 7.60. The number of fused-ring (bicyclic) bond motifs is 2. The van der Waals surface area contributed by atoms with Crippen LogP contribution < -0.4 is 5.32 Å². The first-order valence-electron chi connectivity index (χ1n) is 7.60. The summed E-state index contributed by atoms with van der Waals surface area (Å²) in [5, 5.41) is 4.72. The largest absolute Gasteiger partial charge is 0.459 e. The van der Waals surface area contributed by atoms with Gasteiger partial charge >= 0.3 is 0 Å². The maximum Gasteiger partial charge on any atom is 0.134 e. The summed E-state index contributed by atoms with van der Waals surface area (Å²) >= 11 is 0. The lowest BCUT2D eigenvalue weighted by Crippen LogP contribution is -2.12. The number of rotatable bonds is 4. The fraction of sp³-hybridized carbons (Fsp3) is 0.529. The highest BCUT2D eigenvalue weighted by molar-refractivity contribution is 5.84. The van der Waals surface area contributed by atoms with Crippen LogP contribution >= 0.6 is 0 Å². The average molecular weight is 257 g/mol. The molecule has 3 rings (SSSR count). The Balaban J connectivity index is 2.09. The van der Waals surface area contributed by atoms with E-state index in [0.717, 1.165) is 30.9 Å². The van der Waals surface area contributed by atoms with Crippen molar-refractivity contribution in [1.82, 2.24) is 5.32 Å². The van der Waals surface area contributed by atoms with Gasteiger partial charge in [-0.15, -0.1) is 0 Å². The first-order chi connectivity index (χ1) is 9.33. The zero-order chi connectivity index (χ0) is 13.2. The molecule has 1 aromatic carbocycles. The summed E-state index contributed by atoms with van der Waals surface area (Å²) in [6, 6.07) is 4.68. The molecule has 1 aliphatic rings. The highest BCUT2D eigenvalue weighted by atomic mass is 16.3. The van der Waals surface area contributed by atoms with Crippen LogP contribution in [0.25, 0.3) is 11.0 Å². The standard InChI is InChI=1S/C17H23NO/c1-3-14-15-9-12-7-5-6-8-13(12)10-16(15)19-17(14)11-18-4-2/h9-10,18H,3-8,11H2,1-2H3. The molecule has 0 amide bonds. The van der Waals surface area contributed by atoms with E-state index in [1.165, 1.54) is 42.2 Å². The van der Waals surface area contributed by atoms with Crippen molar-refractivity contribution in [2.45, 2.75) is 52.5 Å². The van der Waals surface area contributed by atoms with E-state index in [9.17, 15) is 0 Å². The van der Waals surface area contributed by atoms with E-state index >= 15 is 0 Å². The second-order valence-electron chi connectivity index (χ2n) is 5.46. The second-order valence-corrected chi connectivity index (χ2v) is 5.46. The summed E-state index contributed by atoms with van der Waals surface area (Å²) in [6.45, 7) is 6.18. The molecule has 102 valence electrons. The molecule has 0 spiro atoms. The van der Waals surface area contributed by atoms with Crippen LogP contribution in [-0.4, -0.2) is 6.54 Å². The number of nitrogens with one attached hydrogen (secondary N) is 1.